The number of nitrogens with zero attached hydrogens (tertiary/aromatic N) is 1. The van der Waals surface area contributed by atoms with Crippen molar-refractivity contribution in [3.63, 3.8) is 0 Å². The summed E-state index contributed by atoms with van der Waals surface area (Å²) in [6.45, 7) is 2.55. The van der Waals surface area contributed by atoms with Crippen LogP contribution in [0.25, 0.3) is 17.7 Å². The largest absolute Gasteiger partial charge is 0.302 e. The van der Waals surface area contributed by atoms with E-state index < -0.39 is 9.84 Å². The van der Waals surface area contributed by atoms with Crippen molar-refractivity contribution in [1.29, 1.82) is 0 Å². The van der Waals surface area contributed by atoms with Crippen LogP contribution >= 0.6 is 12.4 Å². The summed E-state index contributed by atoms with van der Waals surface area (Å²) in [6.07, 6.45) is 12.3. The summed E-state index contributed by atoms with van der Waals surface area (Å²) < 4.78 is 25.4. The molecule has 1 heterocycles. The SMILES string of the molecule is Cl.O=S(=O)(CCN1CCC(=C2c3ccccc3C=Cc3ccccc32)CC1)CC1CCCCC1. The normalized spacial score (nSPS) is 19.2. The molecular formula is C29H36ClNO2S. The van der Waals surface area contributed by atoms with Crippen LogP contribution in [0.1, 0.15) is 67.2 Å². The molecule has 2 fully saturated rings. The molecule has 3 nitrogen and oxygen atoms in total. The Balaban J connectivity index is 0.00000274. The van der Waals surface area contributed by atoms with Gasteiger partial charge in [0.1, 0.15) is 0 Å². The number of piperidine rings is 1. The molecule has 2 aromatic rings. The van der Waals surface area contributed by atoms with Crippen LogP contribution in [0.2, 0.25) is 0 Å². The topological polar surface area (TPSA) is 37.4 Å². The van der Waals surface area contributed by atoms with E-state index in [1.165, 1.54) is 52.7 Å². The molecule has 182 valence electrons. The number of fused-ring (bicyclic) bond motifs is 2. The number of benzene rings is 2. The van der Waals surface area contributed by atoms with Gasteiger partial charge in [0, 0.05) is 19.6 Å². The van der Waals surface area contributed by atoms with Gasteiger partial charge in [0.25, 0.3) is 0 Å². The molecule has 0 aromatic heterocycles. The van der Waals surface area contributed by atoms with E-state index in [2.05, 4.69) is 65.6 Å². The zero-order valence-electron chi connectivity index (χ0n) is 19.9. The average molecular weight is 498 g/mol. The van der Waals surface area contributed by atoms with Gasteiger partial charge in [-0.1, -0.05) is 85.5 Å². The Labute approximate surface area is 211 Å². The molecule has 5 rings (SSSR count). The van der Waals surface area contributed by atoms with Crippen LogP contribution in [-0.4, -0.2) is 44.5 Å². The second-order valence-electron chi connectivity index (χ2n) is 9.95. The van der Waals surface area contributed by atoms with Gasteiger partial charge >= 0.3 is 0 Å². The molecule has 0 unspecified atom stereocenters. The quantitative estimate of drug-likeness (QED) is 0.404. The summed E-state index contributed by atoms with van der Waals surface area (Å²) in [4.78, 5) is 2.36. The van der Waals surface area contributed by atoms with Gasteiger partial charge in [0.15, 0.2) is 9.84 Å². The molecule has 2 aliphatic carbocycles. The van der Waals surface area contributed by atoms with Crippen LogP contribution in [0.3, 0.4) is 0 Å². The molecule has 2 aromatic carbocycles. The Hall–Kier alpha value is -1.88. The summed E-state index contributed by atoms with van der Waals surface area (Å²) >= 11 is 0. The molecule has 5 heteroatoms. The van der Waals surface area contributed by atoms with Crippen LogP contribution in [0.5, 0.6) is 0 Å². The maximum absolute atomic E-state index is 12.7. The fraction of sp³-hybridized carbons (Fsp3) is 0.448. The lowest BCUT2D eigenvalue weighted by molar-refractivity contribution is 0.271. The third kappa shape index (κ3) is 5.84. The zero-order chi connectivity index (χ0) is 22.7. The Bertz CT molecular complexity index is 1100. The Morgan fingerprint density at radius 1 is 0.794 bits per heavy atom. The number of hydrogen-bond acceptors (Lipinski definition) is 3. The van der Waals surface area contributed by atoms with Crippen molar-refractivity contribution < 1.29 is 8.42 Å². The monoisotopic (exact) mass is 497 g/mol. The highest BCUT2D eigenvalue weighted by atomic mass is 35.5. The van der Waals surface area contributed by atoms with E-state index in [4.69, 9.17) is 0 Å². The zero-order valence-corrected chi connectivity index (χ0v) is 21.5. The summed E-state index contributed by atoms with van der Waals surface area (Å²) in [5.41, 5.74) is 8.06. The minimum atomic E-state index is -2.96. The number of sulfone groups is 1. The fourth-order valence-electron chi connectivity index (χ4n) is 5.81. The van der Waals surface area contributed by atoms with Crippen molar-refractivity contribution in [2.75, 3.05) is 31.1 Å². The maximum Gasteiger partial charge on any atom is 0.151 e. The first-order valence-electron chi connectivity index (χ1n) is 12.6. The van der Waals surface area contributed by atoms with Crippen LogP contribution < -0.4 is 0 Å². The maximum atomic E-state index is 12.7. The second kappa shape index (κ2) is 11.2. The van der Waals surface area contributed by atoms with E-state index >= 15 is 0 Å². The van der Waals surface area contributed by atoms with E-state index in [1.807, 2.05) is 0 Å². The molecular weight excluding hydrogens is 462 g/mol. The number of halogens is 1. The van der Waals surface area contributed by atoms with Crippen LogP contribution in [0.4, 0.5) is 0 Å². The van der Waals surface area contributed by atoms with Crippen LogP contribution in [0, 0.1) is 5.92 Å². The van der Waals surface area contributed by atoms with Gasteiger partial charge in [-0.3, -0.25) is 0 Å². The minimum absolute atomic E-state index is 0. The number of rotatable bonds is 5. The molecule has 0 atom stereocenters. The molecule has 1 aliphatic heterocycles. The molecule has 0 bridgehead atoms. The van der Waals surface area contributed by atoms with Gasteiger partial charge in [-0.25, -0.2) is 8.42 Å². The van der Waals surface area contributed by atoms with E-state index in [9.17, 15) is 8.42 Å². The Kier molecular flexibility index (Phi) is 8.34. The van der Waals surface area contributed by atoms with Crippen molar-refractivity contribution in [2.45, 2.75) is 44.9 Å². The molecule has 1 saturated heterocycles. The fourth-order valence-corrected chi connectivity index (χ4v) is 7.56. The third-order valence-electron chi connectivity index (χ3n) is 7.65. The molecule has 0 radical (unpaired) electrons. The third-order valence-corrected chi connectivity index (χ3v) is 9.43. The lowest BCUT2D eigenvalue weighted by Crippen LogP contribution is -2.36. The molecule has 34 heavy (non-hydrogen) atoms. The smallest absolute Gasteiger partial charge is 0.151 e. The average Bonchev–Trinajstić information content (AvgIpc) is 3.01. The number of hydrogen-bond donors (Lipinski definition) is 0. The molecule has 0 amide bonds. The van der Waals surface area contributed by atoms with Gasteiger partial charge < -0.3 is 4.90 Å². The molecule has 3 aliphatic rings. The van der Waals surface area contributed by atoms with Gasteiger partial charge in [-0.2, -0.15) is 0 Å². The highest BCUT2D eigenvalue weighted by Crippen LogP contribution is 2.38. The van der Waals surface area contributed by atoms with Crippen molar-refractivity contribution in [3.8, 4) is 0 Å². The first kappa shape index (κ1) is 25.2. The van der Waals surface area contributed by atoms with Crippen molar-refractivity contribution >= 4 is 40.0 Å². The number of likely N-dealkylation sites (tertiary alicyclic amines) is 1. The van der Waals surface area contributed by atoms with Crippen molar-refractivity contribution in [1.82, 2.24) is 4.90 Å². The van der Waals surface area contributed by atoms with E-state index in [-0.39, 0.29) is 12.4 Å². The summed E-state index contributed by atoms with van der Waals surface area (Å²) in [7, 11) is -2.96. The van der Waals surface area contributed by atoms with Crippen molar-refractivity contribution in [3.05, 3.63) is 76.4 Å². The van der Waals surface area contributed by atoms with Gasteiger partial charge in [0.2, 0.25) is 0 Å². The van der Waals surface area contributed by atoms with Gasteiger partial charge in [0.05, 0.1) is 11.5 Å². The lowest BCUT2D eigenvalue weighted by atomic mass is 9.86. The van der Waals surface area contributed by atoms with Gasteiger partial charge in [-0.05, 0) is 59.4 Å². The lowest BCUT2D eigenvalue weighted by Gasteiger charge is -2.30. The Morgan fingerprint density at radius 2 is 1.35 bits per heavy atom. The minimum Gasteiger partial charge on any atom is -0.302 e. The van der Waals surface area contributed by atoms with Crippen LogP contribution in [0.15, 0.2) is 54.1 Å². The van der Waals surface area contributed by atoms with Crippen LogP contribution in [-0.2, 0) is 9.84 Å². The van der Waals surface area contributed by atoms with Crippen molar-refractivity contribution in [2.24, 2.45) is 5.92 Å². The first-order valence-corrected chi connectivity index (χ1v) is 14.4. The summed E-state index contributed by atoms with van der Waals surface area (Å²) in [5.74, 6) is 1.10. The second-order valence-corrected chi connectivity index (χ2v) is 12.2. The van der Waals surface area contributed by atoms with E-state index in [1.54, 1.807) is 0 Å². The van der Waals surface area contributed by atoms with E-state index in [0.717, 1.165) is 38.8 Å². The molecule has 0 spiro atoms. The summed E-state index contributed by atoms with van der Waals surface area (Å²) in [5, 5.41) is 0. The standard InChI is InChI=1S/C29H35NO2S.ClH/c31-33(32,22-23-8-2-1-3-9-23)21-20-30-18-16-26(17-19-30)29-27-12-6-4-10-24(27)14-15-25-11-5-7-13-28(25)29;/h4-7,10-15,23H,1-3,8-9,16-22H2;1H. The summed E-state index contributed by atoms with van der Waals surface area (Å²) in [6, 6.07) is 17.4. The van der Waals surface area contributed by atoms with E-state index in [0.29, 0.717) is 24.0 Å². The predicted molar refractivity (Wildman–Crippen MR) is 146 cm³/mol. The highest BCUT2D eigenvalue weighted by Gasteiger charge is 2.25. The highest BCUT2D eigenvalue weighted by molar-refractivity contribution is 7.91. The van der Waals surface area contributed by atoms with Gasteiger partial charge in [-0.15, -0.1) is 12.4 Å². The molecule has 1 saturated carbocycles. The molecule has 0 N–H and O–H groups in total. The first-order chi connectivity index (χ1) is 16.1. The Morgan fingerprint density at radius 3 is 1.94 bits per heavy atom. The predicted octanol–water partition coefficient (Wildman–Crippen LogP) is 6.49.